The fourth-order valence-electron chi connectivity index (χ4n) is 2.14. The highest BCUT2D eigenvalue weighted by atomic mass is 32.2. The fraction of sp³-hybridized carbons (Fsp3) is 0.471. The van der Waals surface area contributed by atoms with Gasteiger partial charge >= 0.3 is 0 Å². The molecule has 1 heterocycles. The SMILES string of the molecule is CCCNC(CSc1nccs1)c1ccc(C(C)C)cc1. The zero-order valence-electron chi connectivity index (χ0n) is 13.0. The Labute approximate surface area is 136 Å². The topological polar surface area (TPSA) is 24.9 Å². The number of thioether (sulfide) groups is 1. The molecule has 1 N–H and O–H groups in total. The van der Waals surface area contributed by atoms with E-state index in [1.165, 1.54) is 11.1 Å². The second-order valence-corrected chi connectivity index (χ2v) is 7.60. The number of nitrogens with zero attached hydrogens (tertiary/aromatic N) is 1. The first kappa shape index (κ1) is 16.5. The van der Waals surface area contributed by atoms with Crippen molar-refractivity contribution in [2.24, 2.45) is 0 Å². The molecule has 1 unspecified atom stereocenters. The first-order valence-corrected chi connectivity index (χ1v) is 9.42. The molecule has 21 heavy (non-hydrogen) atoms. The third kappa shape index (κ3) is 5.13. The molecule has 2 rings (SSSR count). The van der Waals surface area contributed by atoms with Crippen molar-refractivity contribution < 1.29 is 0 Å². The molecule has 0 aliphatic carbocycles. The van der Waals surface area contributed by atoms with Crippen LogP contribution >= 0.6 is 23.1 Å². The largest absolute Gasteiger partial charge is 0.309 e. The van der Waals surface area contributed by atoms with Crippen molar-refractivity contribution in [3.63, 3.8) is 0 Å². The van der Waals surface area contributed by atoms with Crippen LogP contribution in [0.2, 0.25) is 0 Å². The lowest BCUT2D eigenvalue weighted by Crippen LogP contribution is -2.24. The second-order valence-electron chi connectivity index (χ2n) is 5.44. The second kappa shape index (κ2) is 8.57. The van der Waals surface area contributed by atoms with E-state index in [2.05, 4.69) is 55.3 Å². The number of nitrogens with one attached hydrogen (secondary N) is 1. The van der Waals surface area contributed by atoms with E-state index < -0.39 is 0 Å². The Morgan fingerprint density at radius 1 is 1.19 bits per heavy atom. The van der Waals surface area contributed by atoms with Gasteiger partial charge in [0.25, 0.3) is 0 Å². The molecule has 2 nitrogen and oxygen atoms in total. The van der Waals surface area contributed by atoms with Crippen LogP contribution < -0.4 is 5.32 Å². The Hall–Kier alpha value is -0.840. The third-order valence-corrected chi connectivity index (χ3v) is 5.49. The number of thiazole rings is 1. The number of hydrogen-bond acceptors (Lipinski definition) is 4. The number of hydrogen-bond donors (Lipinski definition) is 1. The molecule has 0 fully saturated rings. The maximum Gasteiger partial charge on any atom is 0.149 e. The lowest BCUT2D eigenvalue weighted by molar-refractivity contribution is 0.577. The minimum atomic E-state index is 0.389. The van der Waals surface area contributed by atoms with Gasteiger partial charge in [-0.25, -0.2) is 4.98 Å². The maximum absolute atomic E-state index is 4.35. The van der Waals surface area contributed by atoms with Crippen LogP contribution in [0.4, 0.5) is 0 Å². The highest BCUT2D eigenvalue weighted by Crippen LogP contribution is 2.27. The summed E-state index contributed by atoms with van der Waals surface area (Å²) in [7, 11) is 0. The van der Waals surface area contributed by atoms with Gasteiger partial charge in [0.2, 0.25) is 0 Å². The van der Waals surface area contributed by atoms with E-state index in [9.17, 15) is 0 Å². The molecule has 1 aromatic heterocycles. The number of benzene rings is 1. The van der Waals surface area contributed by atoms with Gasteiger partial charge in [0.1, 0.15) is 4.34 Å². The molecular formula is C17H24N2S2. The van der Waals surface area contributed by atoms with Crippen LogP contribution in [0.3, 0.4) is 0 Å². The summed E-state index contributed by atoms with van der Waals surface area (Å²) in [5, 5.41) is 5.69. The molecule has 1 atom stereocenters. The van der Waals surface area contributed by atoms with Gasteiger partial charge in [0.15, 0.2) is 0 Å². The van der Waals surface area contributed by atoms with Crippen LogP contribution in [0.5, 0.6) is 0 Å². The van der Waals surface area contributed by atoms with Crippen LogP contribution in [-0.4, -0.2) is 17.3 Å². The Morgan fingerprint density at radius 3 is 2.48 bits per heavy atom. The monoisotopic (exact) mass is 320 g/mol. The highest BCUT2D eigenvalue weighted by Gasteiger charge is 2.12. The van der Waals surface area contributed by atoms with Gasteiger partial charge in [-0.15, -0.1) is 11.3 Å². The third-order valence-electron chi connectivity index (χ3n) is 3.43. The van der Waals surface area contributed by atoms with Gasteiger partial charge in [0.05, 0.1) is 0 Å². The first-order chi connectivity index (χ1) is 10.2. The molecule has 0 spiro atoms. The van der Waals surface area contributed by atoms with Gasteiger partial charge in [-0.1, -0.05) is 56.8 Å². The van der Waals surface area contributed by atoms with Gasteiger partial charge in [-0.05, 0) is 30.0 Å². The normalized spacial score (nSPS) is 12.8. The van der Waals surface area contributed by atoms with E-state index in [0.717, 1.165) is 23.1 Å². The van der Waals surface area contributed by atoms with Crippen molar-refractivity contribution >= 4 is 23.1 Å². The van der Waals surface area contributed by atoms with Crippen LogP contribution in [0.25, 0.3) is 0 Å². The fourth-order valence-corrected chi connectivity index (χ4v) is 3.90. The van der Waals surface area contributed by atoms with E-state index in [4.69, 9.17) is 0 Å². The summed E-state index contributed by atoms with van der Waals surface area (Å²) in [6.07, 6.45) is 3.03. The predicted octanol–water partition coefficient (Wildman–Crippen LogP) is 5.10. The van der Waals surface area contributed by atoms with Crippen molar-refractivity contribution in [1.82, 2.24) is 10.3 Å². The molecule has 0 saturated heterocycles. The molecule has 0 saturated carbocycles. The first-order valence-electron chi connectivity index (χ1n) is 7.56. The van der Waals surface area contributed by atoms with Crippen molar-refractivity contribution in [1.29, 1.82) is 0 Å². The molecule has 0 bridgehead atoms. The van der Waals surface area contributed by atoms with E-state index in [1.54, 1.807) is 11.3 Å². The molecule has 0 aliphatic heterocycles. The smallest absolute Gasteiger partial charge is 0.149 e. The summed E-state index contributed by atoms with van der Waals surface area (Å²) in [6.45, 7) is 7.73. The van der Waals surface area contributed by atoms with Gasteiger partial charge in [0, 0.05) is 23.4 Å². The van der Waals surface area contributed by atoms with Crippen molar-refractivity contribution in [3.8, 4) is 0 Å². The average Bonchev–Trinajstić information content (AvgIpc) is 3.01. The standard InChI is InChI=1S/C17H24N2S2/c1-4-9-18-16(12-21-17-19-10-11-20-17)15-7-5-14(6-8-15)13(2)3/h5-8,10-11,13,16,18H,4,9,12H2,1-3H3. The highest BCUT2D eigenvalue weighted by molar-refractivity contribution is 8.01. The average molecular weight is 321 g/mol. The van der Waals surface area contributed by atoms with Gasteiger partial charge in [-0.2, -0.15) is 0 Å². The molecule has 0 amide bonds. The Balaban J connectivity index is 2.03. The van der Waals surface area contributed by atoms with Crippen molar-refractivity contribution in [3.05, 3.63) is 47.0 Å². The summed E-state index contributed by atoms with van der Waals surface area (Å²) < 4.78 is 1.15. The molecule has 4 heteroatoms. The van der Waals surface area contributed by atoms with Crippen LogP contribution in [-0.2, 0) is 0 Å². The maximum atomic E-state index is 4.35. The van der Waals surface area contributed by atoms with E-state index in [0.29, 0.717) is 12.0 Å². The van der Waals surface area contributed by atoms with E-state index in [-0.39, 0.29) is 0 Å². The zero-order valence-corrected chi connectivity index (χ0v) is 14.6. The molecule has 114 valence electrons. The number of rotatable bonds is 8. The molecule has 2 aromatic rings. The molecule has 1 aromatic carbocycles. The Morgan fingerprint density at radius 2 is 1.90 bits per heavy atom. The predicted molar refractivity (Wildman–Crippen MR) is 94.4 cm³/mol. The Kier molecular flexibility index (Phi) is 6.74. The van der Waals surface area contributed by atoms with Crippen LogP contribution in [0.15, 0.2) is 40.2 Å². The van der Waals surface area contributed by atoms with Crippen molar-refractivity contribution in [2.45, 2.75) is 43.5 Å². The van der Waals surface area contributed by atoms with Crippen LogP contribution in [0.1, 0.15) is 50.3 Å². The summed E-state index contributed by atoms with van der Waals surface area (Å²) in [6, 6.07) is 9.44. The van der Waals surface area contributed by atoms with Crippen molar-refractivity contribution in [2.75, 3.05) is 12.3 Å². The van der Waals surface area contributed by atoms with E-state index in [1.807, 2.05) is 23.3 Å². The molecular weight excluding hydrogens is 296 g/mol. The van der Waals surface area contributed by atoms with Gasteiger partial charge in [-0.3, -0.25) is 0 Å². The van der Waals surface area contributed by atoms with Crippen LogP contribution in [0, 0.1) is 0 Å². The van der Waals surface area contributed by atoms with Gasteiger partial charge < -0.3 is 5.32 Å². The molecule has 0 aliphatic rings. The minimum absolute atomic E-state index is 0.389. The number of aromatic nitrogens is 1. The lowest BCUT2D eigenvalue weighted by Gasteiger charge is -2.19. The Bertz CT molecular complexity index is 506. The van der Waals surface area contributed by atoms with E-state index >= 15 is 0 Å². The lowest BCUT2D eigenvalue weighted by atomic mass is 9.99. The summed E-state index contributed by atoms with van der Waals surface area (Å²) in [4.78, 5) is 4.35. The summed E-state index contributed by atoms with van der Waals surface area (Å²) >= 11 is 3.55. The zero-order chi connectivity index (χ0) is 15.1. The quantitative estimate of drug-likeness (QED) is 0.685. The minimum Gasteiger partial charge on any atom is -0.309 e. The molecule has 0 radical (unpaired) electrons. The summed E-state index contributed by atoms with van der Waals surface area (Å²) in [5.41, 5.74) is 2.78. The summed E-state index contributed by atoms with van der Waals surface area (Å²) in [5.74, 6) is 1.61.